The molecule has 4 nitrogen and oxygen atoms in total. The fourth-order valence-electron chi connectivity index (χ4n) is 2.40. The Bertz CT molecular complexity index is 743. The van der Waals surface area contributed by atoms with Gasteiger partial charge in [-0.3, -0.25) is 4.99 Å². The lowest BCUT2D eigenvalue weighted by Gasteiger charge is -2.18. The smallest absolute Gasteiger partial charge is 0.191 e. The maximum atomic E-state index is 13.7. The number of guanidine groups is 1. The number of aliphatic hydroxyl groups excluding tert-OH is 1. The standard InChI is InChI=1S/C18H19F4N3O/c1-23-18(24-8-12(10-26)11-5-3-2-4-6-11)25-9-13-16(21)14(19)7-15(20)17(13)22/h2-7,12,26H,8-10H2,1H3,(H2,23,24,25). The average molecular weight is 369 g/mol. The molecular weight excluding hydrogens is 350 g/mol. The van der Waals surface area contributed by atoms with Gasteiger partial charge >= 0.3 is 0 Å². The topological polar surface area (TPSA) is 56.7 Å². The number of aliphatic hydroxyl groups is 1. The molecule has 0 heterocycles. The van der Waals surface area contributed by atoms with E-state index in [1.165, 1.54) is 7.05 Å². The van der Waals surface area contributed by atoms with E-state index >= 15 is 0 Å². The summed E-state index contributed by atoms with van der Waals surface area (Å²) in [6.45, 7) is -0.323. The van der Waals surface area contributed by atoms with Crippen molar-refractivity contribution < 1.29 is 22.7 Å². The van der Waals surface area contributed by atoms with Gasteiger partial charge in [0, 0.05) is 37.7 Å². The number of nitrogens with one attached hydrogen (secondary N) is 2. The second-order valence-corrected chi connectivity index (χ2v) is 5.54. The maximum absolute atomic E-state index is 13.7. The zero-order valence-electron chi connectivity index (χ0n) is 14.1. The summed E-state index contributed by atoms with van der Waals surface area (Å²) in [6, 6.07) is 9.42. The first kappa shape index (κ1) is 19.7. The van der Waals surface area contributed by atoms with Gasteiger partial charge in [0.2, 0.25) is 0 Å². The second kappa shape index (κ2) is 9.19. The van der Waals surface area contributed by atoms with E-state index in [1.807, 2.05) is 30.3 Å². The lowest BCUT2D eigenvalue weighted by atomic mass is 10.0. The summed E-state index contributed by atoms with van der Waals surface area (Å²) in [6.07, 6.45) is 0. The molecule has 0 saturated heterocycles. The SMILES string of the molecule is CN=C(NCc1c(F)c(F)cc(F)c1F)NCC(CO)c1ccccc1. The highest BCUT2D eigenvalue weighted by Crippen LogP contribution is 2.19. The first-order valence-corrected chi connectivity index (χ1v) is 7.90. The van der Waals surface area contributed by atoms with E-state index in [2.05, 4.69) is 15.6 Å². The van der Waals surface area contributed by atoms with Crippen LogP contribution in [0.4, 0.5) is 17.6 Å². The summed E-state index contributed by atoms with van der Waals surface area (Å²) >= 11 is 0. The van der Waals surface area contributed by atoms with Crippen LogP contribution in [0.1, 0.15) is 17.0 Å². The van der Waals surface area contributed by atoms with Gasteiger partial charge in [0.05, 0.1) is 6.61 Å². The molecule has 0 aliphatic heterocycles. The van der Waals surface area contributed by atoms with Gasteiger partial charge in [-0.15, -0.1) is 0 Å². The Morgan fingerprint density at radius 3 is 2.19 bits per heavy atom. The molecule has 2 rings (SSSR count). The van der Waals surface area contributed by atoms with Crippen LogP contribution in [0.15, 0.2) is 41.4 Å². The summed E-state index contributed by atoms with van der Waals surface area (Å²) in [4.78, 5) is 3.89. The maximum Gasteiger partial charge on any atom is 0.191 e. The zero-order valence-corrected chi connectivity index (χ0v) is 14.1. The van der Waals surface area contributed by atoms with Crippen LogP contribution in [0.5, 0.6) is 0 Å². The Morgan fingerprint density at radius 1 is 1.04 bits per heavy atom. The van der Waals surface area contributed by atoms with E-state index in [0.717, 1.165) is 5.56 Å². The van der Waals surface area contributed by atoms with E-state index in [-0.39, 0.29) is 24.6 Å². The molecule has 0 bridgehead atoms. The van der Waals surface area contributed by atoms with Crippen molar-refractivity contribution in [3.05, 3.63) is 70.8 Å². The lowest BCUT2D eigenvalue weighted by molar-refractivity contribution is 0.265. The van der Waals surface area contributed by atoms with Crippen LogP contribution in [0.3, 0.4) is 0 Å². The molecule has 0 aliphatic rings. The molecule has 2 aromatic rings. The van der Waals surface area contributed by atoms with Crippen LogP contribution in [0.2, 0.25) is 0 Å². The van der Waals surface area contributed by atoms with E-state index < -0.39 is 35.4 Å². The first-order valence-electron chi connectivity index (χ1n) is 7.90. The van der Waals surface area contributed by atoms with Crippen LogP contribution in [0.25, 0.3) is 0 Å². The van der Waals surface area contributed by atoms with Crippen molar-refractivity contribution >= 4 is 5.96 Å². The molecule has 0 spiro atoms. The molecule has 1 unspecified atom stereocenters. The predicted octanol–water partition coefficient (Wildman–Crippen LogP) is 2.68. The lowest BCUT2D eigenvalue weighted by Crippen LogP contribution is -2.39. The monoisotopic (exact) mass is 369 g/mol. The minimum atomic E-state index is -1.46. The van der Waals surface area contributed by atoms with E-state index in [9.17, 15) is 22.7 Å². The van der Waals surface area contributed by atoms with Crippen molar-refractivity contribution in [1.82, 2.24) is 10.6 Å². The van der Waals surface area contributed by atoms with Gasteiger partial charge in [-0.2, -0.15) is 0 Å². The average Bonchev–Trinajstić information content (AvgIpc) is 2.66. The summed E-state index contributed by atoms with van der Waals surface area (Å²) in [7, 11) is 1.44. The van der Waals surface area contributed by atoms with Gasteiger partial charge in [-0.05, 0) is 5.56 Å². The van der Waals surface area contributed by atoms with Crippen LogP contribution in [-0.2, 0) is 6.54 Å². The minimum Gasteiger partial charge on any atom is -0.396 e. The number of rotatable bonds is 6. The Balaban J connectivity index is 2.01. The van der Waals surface area contributed by atoms with E-state index in [0.29, 0.717) is 6.54 Å². The van der Waals surface area contributed by atoms with Crippen molar-refractivity contribution in [2.75, 3.05) is 20.2 Å². The van der Waals surface area contributed by atoms with Gasteiger partial charge in [-0.25, -0.2) is 17.6 Å². The van der Waals surface area contributed by atoms with Crippen LogP contribution in [-0.4, -0.2) is 31.3 Å². The predicted molar refractivity (Wildman–Crippen MR) is 90.7 cm³/mol. The summed E-state index contributed by atoms with van der Waals surface area (Å²) < 4.78 is 53.8. The third-order valence-electron chi connectivity index (χ3n) is 3.87. The molecule has 8 heteroatoms. The van der Waals surface area contributed by atoms with Gasteiger partial charge < -0.3 is 15.7 Å². The largest absolute Gasteiger partial charge is 0.396 e. The van der Waals surface area contributed by atoms with Crippen LogP contribution < -0.4 is 10.6 Å². The first-order chi connectivity index (χ1) is 12.5. The molecular formula is C18H19F4N3O. The Kier molecular flexibility index (Phi) is 6.97. The third-order valence-corrected chi connectivity index (χ3v) is 3.87. The Hall–Kier alpha value is -2.61. The molecule has 2 aromatic carbocycles. The number of nitrogens with zero attached hydrogens (tertiary/aromatic N) is 1. The molecule has 0 aromatic heterocycles. The van der Waals surface area contributed by atoms with Crippen molar-refractivity contribution in [2.45, 2.75) is 12.5 Å². The normalized spacial score (nSPS) is 12.8. The molecule has 0 fully saturated rings. The van der Waals surface area contributed by atoms with Crippen molar-refractivity contribution in [2.24, 2.45) is 4.99 Å². The highest BCUT2D eigenvalue weighted by Gasteiger charge is 2.19. The number of hydrogen-bond acceptors (Lipinski definition) is 2. The molecule has 140 valence electrons. The highest BCUT2D eigenvalue weighted by atomic mass is 19.2. The fraction of sp³-hybridized carbons (Fsp3) is 0.278. The number of benzene rings is 2. The van der Waals surface area contributed by atoms with Crippen molar-refractivity contribution in [3.63, 3.8) is 0 Å². The molecule has 0 radical (unpaired) electrons. The Morgan fingerprint density at radius 2 is 1.65 bits per heavy atom. The molecule has 26 heavy (non-hydrogen) atoms. The van der Waals surface area contributed by atoms with Gasteiger partial charge in [0.25, 0.3) is 0 Å². The van der Waals surface area contributed by atoms with E-state index in [4.69, 9.17) is 0 Å². The number of aliphatic imine (C=N–C) groups is 1. The van der Waals surface area contributed by atoms with E-state index in [1.54, 1.807) is 0 Å². The zero-order chi connectivity index (χ0) is 19.1. The number of halogens is 4. The highest BCUT2D eigenvalue weighted by molar-refractivity contribution is 5.79. The van der Waals surface area contributed by atoms with Crippen molar-refractivity contribution in [3.8, 4) is 0 Å². The number of hydrogen-bond donors (Lipinski definition) is 3. The van der Waals surface area contributed by atoms with Gasteiger partial charge in [0.1, 0.15) is 0 Å². The molecule has 0 amide bonds. The second-order valence-electron chi connectivity index (χ2n) is 5.54. The quantitative estimate of drug-likeness (QED) is 0.318. The molecule has 1 atom stereocenters. The van der Waals surface area contributed by atoms with Gasteiger partial charge in [0.15, 0.2) is 29.2 Å². The minimum absolute atomic E-state index is 0.119. The van der Waals surface area contributed by atoms with Crippen LogP contribution in [0, 0.1) is 23.3 Å². The Labute approximate surface area is 148 Å². The molecule has 0 saturated carbocycles. The third kappa shape index (κ3) is 4.72. The fourth-order valence-corrected chi connectivity index (χ4v) is 2.40. The van der Waals surface area contributed by atoms with Gasteiger partial charge in [-0.1, -0.05) is 30.3 Å². The van der Waals surface area contributed by atoms with Crippen molar-refractivity contribution in [1.29, 1.82) is 0 Å². The summed E-state index contributed by atoms with van der Waals surface area (Å²) in [5.41, 5.74) is 0.148. The van der Waals surface area contributed by atoms with Crippen LogP contribution >= 0.6 is 0 Å². The molecule has 0 aliphatic carbocycles. The summed E-state index contributed by atoms with van der Waals surface area (Å²) in [5, 5.41) is 15.0. The summed E-state index contributed by atoms with van der Waals surface area (Å²) in [5.74, 6) is -5.90. The molecule has 3 N–H and O–H groups in total.